The Kier molecular flexibility index (Phi) is 5.08. The Bertz CT molecular complexity index is 369. The second-order valence-corrected chi connectivity index (χ2v) is 3.64. The Morgan fingerprint density at radius 1 is 1.56 bits per heavy atom. The van der Waals surface area contributed by atoms with Gasteiger partial charge in [-0.1, -0.05) is 18.5 Å². The van der Waals surface area contributed by atoms with Crippen LogP contribution in [0, 0.1) is 0 Å². The second-order valence-electron chi connectivity index (χ2n) is 3.21. The van der Waals surface area contributed by atoms with Crippen molar-refractivity contribution >= 4 is 17.5 Å². The van der Waals surface area contributed by atoms with Gasteiger partial charge in [0.25, 0.3) is 5.91 Å². The highest BCUT2D eigenvalue weighted by atomic mass is 35.5. The van der Waals surface area contributed by atoms with E-state index in [0.717, 1.165) is 13.1 Å². The smallest absolute Gasteiger partial charge is 0.252 e. The van der Waals surface area contributed by atoms with Crippen molar-refractivity contribution in [2.24, 2.45) is 5.73 Å². The van der Waals surface area contributed by atoms with Gasteiger partial charge in [0.15, 0.2) is 0 Å². The van der Waals surface area contributed by atoms with E-state index in [1.54, 1.807) is 12.1 Å². The Labute approximate surface area is 99.7 Å². The molecule has 0 unspecified atom stereocenters. The van der Waals surface area contributed by atoms with E-state index in [9.17, 15) is 4.79 Å². The van der Waals surface area contributed by atoms with Crippen LogP contribution in [0.4, 0.5) is 0 Å². The molecule has 0 saturated carbocycles. The molecule has 0 bridgehead atoms. The number of carbonyl (C=O) groups excluding carboxylic acids is 1. The van der Waals surface area contributed by atoms with E-state index in [2.05, 4.69) is 5.32 Å². The van der Waals surface area contributed by atoms with Crippen molar-refractivity contribution < 1.29 is 9.53 Å². The summed E-state index contributed by atoms with van der Waals surface area (Å²) in [6.07, 6.45) is 0. The minimum atomic E-state index is -0.541. The zero-order chi connectivity index (χ0) is 12.0. The first kappa shape index (κ1) is 12.8. The fourth-order valence-corrected chi connectivity index (χ4v) is 1.40. The lowest BCUT2D eigenvalue weighted by Crippen LogP contribution is -2.21. The van der Waals surface area contributed by atoms with Crippen molar-refractivity contribution in [1.29, 1.82) is 0 Å². The van der Waals surface area contributed by atoms with Crippen molar-refractivity contribution in [3.8, 4) is 5.75 Å². The van der Waals surface area contributed by atoms with E-state index in [-0.39, 0.29) is 0 Å². The molecule has 0 saturated heterocycles. The molecule has 0 spiro atoms. The van der Waals surface area contributed by atoms with Crippen molar-refractivity contribution in [3.05, 3.63) is 28.8 Å². The number of halogens is 1. The number of primary amides is 1. The average Bonchev–Trinajstić information content (AvgIpc) is 2.26. The Balaban J connectivity index is 2.67. The molecule has 0 radical (unpaired) electrons. The van der Waals surface area contributed by atoms with Gasteiger partial charge >= 0.3 is 0 Å². The molecule has 0 aliphatic heterocycles. The van der Waals surface area contributed by atoms with Crippen LogP contribution in [0.2, 0.25) is 5.02 Å². The van der Waals surface area contributed by atoms with Gasteiger partial charge in [-0.15, -0.1) is 0 Å². The van der Waals surface area contributed by atoms with Crippen LogP contribution < -0.4 is 15.8 Å². The number of amides is 1. The molecule has 1 rings (SSSR count). The first-order valence-electron chi connectivity index (χ1n) is 5.08. The molecule has 16 heavy (non-hydrogen) atoms. The van der Waals surface area contributed by atoms with Crippen LogP contribution in [0.1, 0.15) is 17.3 Å². The van der Waals surface area contributed by atoms with Gasteiger partial charge in [-0.2, -0.15) is 0 Å². The zero-order valence-corrected chi connectivity index (χ0v) is 9.88. The number of carbonyl (C=O) groups is 1. The molecular weight excluding hydrogens is 228 g/mol. The van der Waals surface area contributed by atoms with Crippen LogP contribution in [0.15, 0.2) is 18.2 Å². The zero-order valence-electron chi connectivity index (χ0n) is 9.13. The van der Waals surface area contributed by atoms with Gasteiger partial charge in [-0.05, 0) is 24.7 Å². The van der Waals surface area contributed by atoms with Crippen LogP contribution in [0.3, 0.4) is 0 Å². The molecule has 0 aromatic heterocycles. The molecule has 1 aromatic rings. The molecule has 3 N–H and O–H groups in total. The van der Waals surface area contributed by atoms with E-state index in [1.165, 1.54) is 6.07 Å². The average molecular weight is 243 g/mol. The summed E-state index contributed by atoms with van der Waals surface area (Å²) >= 11 is 5.77. The van der Waals surface area contributed by atoms with E-state index in [4.69, 9.17) is 22.1 Å². The normalized spacial score (nSPS) is 10.1. The van der Waals surface area contributed by atoms with E-state index < -0.39 is 5.91 Å². The maximum absolute atomic E-state index is 11.1. The number of nitrogens with one attached hydrogen (secondary N) is 1. The molecule has 4 nitrogen and oxygen atoms in total. The molecule has 5 heteroatoms. The van der Waals surface area contributed by atoms with Gasteiger partial charge in [0.1, 0.15) is 12.4 Å². The lowest BCUT2D eigenvalue weighted by molar-refractivity contribution is 0.0996. The summed E-state index contributed by atoms with van der Waals surface area (Å²) in [6, 6.07) is 4.82. The predicted molar refractivity (Wildman–Crippen MR) is 64.0 cm³/mol. The van der Waals surface area contributed by atoms with Gasteiger partial charge in [-0.3, -0.25) is 4.79 Å². The highest BCUT2D eigenvalue weighted by Gasteiger charge is 2.09. The summed E-state index contributed by atoms with van der Waals surface area (Å²) in [6.45, 7) is 4.09. The molecule has 0 fully saturated rings. The summed E-state index contributed by atoms with van der Waals surface area (Å²) in [5.74, 6) is -0.0734. The van der Waals surface area contributed by atoms with E-state index in [0.29, 0.717) is 22.9 Å². The van der Waals surface area contributed by atoms with E-state index >= 15 is 0 Å². The number of benzene rings is 1. The summed E-state index contributed by atoms with van der Waals surface area (Å²) in [4.78, 5) is 11.1. The quantitative estimate of drug-likeness (QED) is 0.742. The third-order valence-electron chi connectivity index (χ3n) is 1.99. The maximum atomic E-state index is 11.1. The van der Waals surface area contributed by atoms with Gasteiger partial charge in [0.2, 0.25) is 0 Å². The van der Waals surface area contributed by atoms with Crippen LogP contribution in [0.5, 0.6) is 5.75 Å². The maximum Gasteiger partial charge on any atom is 0.252 e. The fraction of sp³-hybridized carbons (Fsp3) is 0.364. The van der Waals surface area contributed by atoms with Gasteiger partial charge in [-0.25, -0.2) is 0 Å². The Morgan fingerprint density at radius 3 is 2.94 bits per heavy atom. The monoisotopic (exact) mass is 242 g/mol. The third-order valence-corrected chi connectivity index (χ3v) is 2.23. The van der Waals surface area contributed by atoms with Crippen LogP contribution in [-0.2, 0) is 0 Å². The van der Waals surface area contributed by atoms with Crippen molar-refractivity contribution in [3.63, 3.8) is 0 Å². The Morgan fingerprint density at radius 2 is 2.31 bits per heavy atom. The van der Waals surface area contributed by atoms with Gasteiger partial charge in [0, 0.05) is 11.6 Å². The number of rotatable bonds is 6. The largest absolute Gasteiger partial charge is 0.491 e. The predicted octanol–water partition coefficient (Wildman–Crippen LogP) is 1.43. The Hall–Kier alpha value is -1.26. The second kappa shape index (κ2) is 6.35. The van der Waals surface area contributed by atoms with Crippen molar-refractivity contribution in [2.75, 3.05) is 19.7 Å². The first-order chi connectivity index (χ1) is 7.65. The summed E-state index contributed by atoms with van der Waals surface area (Å²) < 4.78 is 5.43. The summed E-state index contributed by atoms with van der Waals surface area (Å²) in [5, 5.41) is 3.58. The molecular formula is C11H15ClN2O2. The standard InChI is InChI=1S/C11H15ClN2O2/c1-2-14-5-6-16-10-4-3-8(12)7-9(10)11(13)15/h3-4,7,14H,2,5-6H2,1H3,(H2,13,15). The highest BCUT2D eigenvalue weighted by molar-refractivity contribution is 6.31. The topological polar surface area (TPSA) is 64.3 Å². The van der Waals surface area contributed by atoms with Gasteiger partial charge in [0.05, 0.1) is 5.56 Å². The molecule has 88 valence electrons. The SMILES string of the molecule is CCNCCOc1ccc(Cl)cc1C(N)=O. The molecule has 0 aliphatic carbocycles. The van der Waals surface area contributed by atoms with Crippen LogP contribution >= 0.6 is 11.6 Å². The molecule has 0 heterocycles. The van der Waals surface area contributed by atoms with E-state index in [1.807, 2.05) is 6.92 Å². The number of hydrogen-bond donors (Lipinski definition) is 2. The fourth-order valence-electron chi connectivity index (χ4n) is 1.23. The minimum Gasteiger partial charge on any atom is -0.491 e. The molecule has 0 atom stereocenters. The lowest BCUT2D eigenvalue weighted by atomic mass is 10.2. The van der Waals surface area contributed by atoms with Crippen molar-refractivity contribution in [2.45, 2.75) is 6.92 Å². The number of hydrogen-bond acceptors (Lipinski definition) is 3. The summed E-state index contributed by atoms with van der Waals surface area (Å²) in [7, 11) is 0. The van der Waals surface area contributed by atoms with Gasteiger partial charge < -0.3 is 15.8 Å². The first-order valence-corrected chi connectivity index (χ1v) is 5.45. The third kappa shape index (κ3) is 3.72. The van der Waals surface area contributed by atoms with Crippen molar-refractivity contribution in [1.82, 2.24) is 5.32 Å². The number of nitrogens with two attached hydrogens (primary N) is 1. The number of ether oxygens (including phenoxy) is 1. The van der Waals surface area contributed by atoms with Crippen LogP contribution in [-0.4, -0.2) is 25.6 Å². The molecule has 1 aromatic carbocycles. The highest BCUT2D eigenvalue weighted by Crippen LogP contribution is 2.22. The minimum absolute atomic E-state index is 0.309. The molecule has 0 aliphatic rings. The number of likely N-dealkylation sites (N-methyl/N-ethyl adjacent to an activating group) is 1. The molecule has 1 amide bonds. The summed E-state index contributed by atoms with van der Waals surface area (Å²) in [5.41, 5.74) is 5.53. The van der Waals surface area contributed by atoms with Crippen LogP contribution in [0.25, 0.3) is 0 Å². The lowest BCUT2D eigenvalue weighted by Gasteiger charge is -2.09.